The van der Waals surface area contributed by atoms with Gasteiger partial charge in [0.25, 0.3) is 0 Å². The summed E-state index contributed by atoms with van der Waals surface area (Å²) in [5.74, 6) is 0.378. The summed E-state index contributed by atoms with van der Waals surface area (Å²) in [5.41, 5.74) is 0.991. The molecule has 0 N–H and O–H groups in total. The molecule has 0 spiro atoms. The number of para-hydroxylation sites is 1. The largest absolute Gasteiger partial charge is 0.365 e. The van der Waals surface area contributed by atoms with Gasteiger partial charge in [-0.25, -0.2) is 8.42 Å². The van der Waals surface area contributed by atoms with E-state index in [1.807, 2.05) is 47.2 Å². The highest BCUT2D eigenvalue weighted by Crippen LogP contribution is 2.32. The maximum absolute atomic E-state index is 12.7. The van der Waals surface area contributed by atoms with E-state index < -0.39 is 9.84 Å². The molecule has 1 aromatic rings. The molecule has 1 aliphatic heterocycles. The lowest BCUT2D eigenvalue weighted by atomic mass is 10.2. The highest BCUT2D eigenvalue weighted by atomic mass is 32.2. The molecule has 2 fully saturated rings. The average Bonchev–Trinajstić information content (AvgIpc) is 3.24. The van der Waals surface area contributed by atoms with Crippen molar-refractivity contribution in [2.45, 2.75) is 31.3 Å². The molecular formula is C16H22N2O3S. The predicted octanol–water partition coefficient (Wildman–Crippen LogP) is 1.30. The molecule has 0 bridgehead atoms. The van der Waals surface area contributed by atoms with Gasteiger partial charge in [0.15, 0.2) is 9.84 Å². The summed E-state index contributed by atoms with van der Waals surface area (Å²) in [7, 11) is -1.08. The fourth-order valence-electron chi connectivity index (χ4n) is 3.11. The highest BCUT2D eigenvalue weighted by molar-refractivity contribution is 7.91. The van der Waals surface area contributed by atoms with E-state index in [2.05, 4.69) is 0 Å². The zero-order valence-electron chi connectivity index (χ0n) is 12.8. The molecular weight excluding hydrogens is 300 g/mol. The Morgan fingerprint density at radius 1 is 1.14 bits per heavy atom. The van der Waals surface area contributed by atoms with E-state index >= 15 is 0 Å². The van der Waals surface area contributed by atoms with Crippen molar-refractivity contribution < 1.29 is 13.2 Å². The third-order valence-corrected chi connectivity index (χ3v) is 6.15. The van der Waals surface area contributed by atoms with Crippen LogP contribution in [0.4, 0.5) is 5.69 Å². The van der Waals surface area contributed by atoms with Crippen LogP contribution >= 0.6 is 0 Å². The predicted molar refractivity (Wildman–Crippen MR) is 86.6 cm³/mol. The number of hydrogen-bond acceptors (Lipinski definition) is 4. The molecule has 1 amide bonds. The first-order chi connectivity index (χ1) is 10.5. The van der Waals surface area contributed by atoms with Crippen molar-refractivity contribution >= 4 is 21.4 Å². The van der Waals surface area contributed by atoms with Gasteiger partial charge in [0.2, 0.25) is 5.91 Å². The molecule has 3 rings (SSSR count). The number of rotatable bonds is 5. The fourth-order valence-corrected chi connectivity index (χ4v) is 4.82. The number of hydrogen-bond donors (Lipinski definition) is 0. The number of likely N-dealkylation sites (N-methyl/N-ethyl adjacent to an activating group) is 1. The Hall–Kier alpha value is -1.56. The highest BCUT2D eigenvalue weighted by Gasteiger charge is 2.42. The first kappa shape index (κ1) is 15.3. The Morgan fingerprint density at radius 2 is 1.82 bits per heavy atom. The van der Waals surface area contributed by atoms with E-state index in [0.29, 0.717) is 6.42 Å². The van der Waals surface area contributed by atoms with Gasteiger partial charge in [-0.2, -0.15) is 0 Å². The number of amides is 1. The van der Waals surface area contributed by atoms with Gasteiger partial charge in [0.05, 0.1) is 18.1 Å². The van der Waals surface area contributed by atoms with Crippen LogP contribution in [0.15, 0.2) is 30.3 Å². The van der Waals surface area contributed by atoms with Crippen LogP contribution in [0.25, 0.3) is 0 Å². The molecule has 0 aromatic heterocycles. The minimum Gasteiger partial charge on any atom is -0.365 e. The van der Waals surface area contributed by atoms with Gasteiger partial charge in [0.1, 0.15) is 0 Å². The van der Waals surface area contributed by atoms with Crippen LogP contribution in [0.1, 0.15) is 19.3 Å². The average molecular weight is 322 g/mol. The maximum Gasteiger partial charge on any atom is 0.242 e. The minimum absolute atomic E-state index is 0.0379. The monoisotopic (exact) mass is 322 g/mol. The molecule has 2 aliphatic rings. The normalized spacial score (nSPS) is 23.2. The van der Waals surface area contributed by atoms with E-state index in [4.69, 9.17) is 0 Å². The van der Waals surface area contributed by atoms with E-state index in [9.17, 15) is 13.2 Å². The Morgan fingerprint density at radius 3 is 2.36 bits per heavy atom. The summed E-state index contributed by atoms with van der Waals surface area (Å²) in [6, 6.07) is 9.88. The summed E-state index contributed by atoms with van der Waals surface area (Å²) in [4.78, 5) is 16.5. The number of sulfone groups is 1. The van der Waals surface area contributed by atoms with Gasteiger partial charge >= 0.3 is 0 Å². The molecule has 5 nitrogen and oxygen atoms in total. The van der Waals surface area contributed by atoms with Crippen molar-refractivity contribution in [3.05, 3.63) is 30.3 Å². The second-order valence-corrected chi connectivity index (χ2v) is 8.51. The van der Waals surface area contributed by atoms with Crippen LogP contribution in [-0.2, 0) is 14.6 Å². The minimum atomic E-state index is -2.97. The van der Waals surface area contributed by atoms with E-state index in [1.165, 1.54) is 0 Å². The van der Waals surface area contributed by atoms with Crippen LogP contribution in [0, 0.1) is 0 Å². The van der Waals surface area contributed by atoms with Gasteiger partial charge in [-0.05, 0) is 31.4 Å². The van der Waals surface area contributed by atoms with Crippen LogP contribution in [-0.4, -0.2) is 56.4 Å². The van der Waals surface area contributed by atoms with Crippen LogP contribution in [0.5, 0.6) is 0 Å². The third-order valence-electron chi connectivity index (χ3n) is 4.40. The second kappa shape index (κ2) is 5.91. The van der Waals surface area contributed by atoms with Crippen LogP contribution in [0.2, 0.25) is 0 Å². The molecule has 120 valence electrons. The SMILES string of the molecule is CN(CC(=O)N(C1CC1)C1CCS(=O)(=O)C1)c1ccccc1. The molecule has 1 heterocycles. The first-order valence-corrected chi connectivity index (χ1v) is 9.56. The Bertz CT molecular complexity index is 641. The molecule has 22 heavy (non-hydrogen) atoms. The molecule has 1 aromatic carbocycles. The standard InChI is InChI=1S/C16H22N2O3S/c1-17(13-5-3-2-4-6-13)11-16(19)18(14-7-8-14)15-9-10-22(20,21)12-15/h2-6,14-15H,7-12H2,1H3. The Kier molecular flexibility index (Phi) is 4.12. The summed E-state index contributed by atoms with van der Waals surface area (Å²) in [6.45, 7) is 0.289. The molecule has 6 heteroatoms. The summed E-state index contributed by atoms with van der Waals surface area (Å²) in [5, 5.41) is 0. The number of nitrogens with zero attached hydrogens (tertiary/aromatic N) is 2. The van der Waals surface area contributed by atoms with Gasteiger partial charge in [-0.1, -0.05) is 18.2 Å². The lowest BCUT2D eigenvalue weighted by Gasteiger charge is -2.30. The van der Waals surface area contributed by atoms with Gasteiger partial charge < -0.3 is 9.80 Å². The van der Waals surface area contributed by atoms with Crippen molar-refractivity contribution in [1.82, 2.24) is 4.90 Å². The third kappa shape index (κ3) is 3.43. The summed E-state index contributed by atoms with van der Waals surface area (Å²) in [6.07, 6.45) is 2.58. The van der Waals surface area contributed by atoms with Crippen molar-refractivity contribution in [2.75, 3.05) is 30.0 Å². The number of benzene rings is 1. The Labute approximate surface area is 131 Å². The molecule has 1 saturated carbocycles. The smallest absolute Gasteiger partial charge is 0.242 e. The fraction of sp³-hybridized carbons (Fsp3) is 0.562. The number of carbonyl (C=O) groups excluding carboxylic acids is 1. The number of carbonyl (C=O) groups is 1. The van der Waals surface area contributed by atoms with E-state index in [1.54, 1.807) is 0 Å². The zero-order chi connectivity index (χ0) is 15.7. The maximum atomic E-state index is 12.7. The Balaban J connectivity index is 1.69. The molecule has 1 aliphatic carbocycles. The molecule has 1 saturated heterocycles. The van der Waals surface area contributed by atoms with Gasteiger partial charge in [-0.3, -0.25) is 4.79 Å². The molecule has 1 atom stereocenters. The van der Waals surface area contributed by atoms with Crippen LogP contribution < -0.4 is 4.90 Å². The van der Waals surface area contributed by atoms with Crippen LogP contribution in [0.3, 0.4) is 0 Å². The zero-order valence-corrected chi connectivity index (χ0v) is 13.6. The summed E-state index contributed by atoms with van der Waals surface area (Å²) >= 11 is 0. The lowest BCUT2D eigenvalue weighted by molar-refractivity contribution is -0.132. The van der Waals surface area contributed by atoms with E-state index in [0.717, 1.165) is 18.5 Å². The molecule has 1 unspecified atom stereocenters. The first-order valence-electron chi connectivity index (χ1n) is 7.74. The number of anilines is 1. The summed E-state index contributed by atoms with van der Waals surface area (Å²) < 4.78 is 23.4. The topological polar surface area (TPSA) is 57.7 Å². The van der Waals surface area contributed by atoms with Gasteiger partial charge in [0, 0.05) is 24.8 Å². The van der Waals surface area contributed by atoms with Crippen molar-refractivity contribution in [1.29, 1.82) is 0 Å². The van der Waals surface area contributed by atoms with E-state index in [-0.39, 0.29) is 36.0 Å². The molecule has 0 radical (unpaired) electrons. The van der Waals surface area contributed by atoms with Crippen molar-refractivity contribution in [3.63, 3.8) is 0 Å². The second-order valence-electron chi connectivity index (χ2n) is 6.28. The quantitative estimate of drug-likeness (QED) is 0.820. The van der Waals surface area contributed by atoms with Crippen molar-refractivity contribution in [3.8, 4) is 0 Å². The van der Waals surface area contributed by atoms with Crippen molar-refractivity contribution in [2.24, 2.45) is 0 Å². The van der Waals surface area contributed by atoms with Gasteiger partial charge in [-0.15, -0.1) is 0 Å². The lowest BCUT2D eigenvalue weighted by Crippen LogP contribution is -2.47.